The van der Waals surface area contributed by atoms with Crippen LogP contribution in [0.5, 0.6) is 11.8 Å². The zero-order valence-corrected chi connectivity index (χ0v) is 15.2. The summed E-state index contributed by atoms with van der Waals surface area (Å²) in [5.74, 6) is 0.826. The second-order valence-corrected chi connectivity index (χ2v) is 7.01. The highest BCUT2D eigenvalue weighted by Gasteiger charge is 2.31. The molecule has 27 heavy (non-hydrogen) atoms. The van der Waals surface area contributed by atoms with E-state index in [0.29, 0.717) is 31.9 Å². The monoisotopic (exact) mass is 369 g/mol. The van der Waals surface area contributed by atoms with Crippen molar-refractivity contribution in [2.24, 2.45) is 5.92 Å². The van der Waals surface area contributed by atoms with Crippen molar-refractivity contribution in [3.63, 3.8) is 0 Å². The van der Waals surface area contributed by atoms with Crippen molar-refractivity contribution in [2.75, 3.05) is 26.2 Å². The smallest absolute Gasteiger partial charge is 0.399 e. The van der Waals surface area contributed by atoms with Gasteiger partial charge in [0, 0.05) is 32.1 Å². The van der Waals surface area contributed by atoms with E-state index in [2.05, 4.69) is 4.98 Å². The van der Waals surface area contributed by atoms with E-state index in [1.165, 1.54) is 6.26 Å². The van der Waals surface area contributed by atoms with Crippen LogP contribution in [0.3, 0.4) is 0 Å². The van der Waals surface area contributed by atoms with E-state index < -0.39 is 0 Å². The van der Waals surface area contributed by atoms with Gasteiger partial charge in [0.15, 0.2) is 5.69 Å². The van der Waals surface area contributed by atoms with Gasteiger partial charge in [0.1, 0.15) is 12.0 Å². The molecule has 4 rings (SSSR count). The molecule has 1 saturated heterocycles. The van der Waals surface area contributed by atoms with E-state index in [0.717, 1.165) is 25.7 Å². The van der Waals surface area contributed by atoms with Crippen molar-refractivity contribution in [3.05, 3.63) is 42.3 Å². The molecule has 1 aromatic heterocycles. The average Bonchev–Trinajstić information content (AvgIpc) is 3.40. The van der Waals surface area contributed by atoms with Gasteiger partial charge in [-0.1, -0.05) is 31.0 Å². The third-order valence-corrected chi connectivity index (χ3v) is 5.23. The van der Waals surface area contributed by atoms with Gasteiger partial charge in [0.05, 0.1) is 0 Å². The number of oxazole rings is 1. The SMILES string of the molecule is O=C(c1coc(Oc2ccccc2)n1)N1CCN(C(=O)C2CCCC2)CC1. The summed E-state index contributed by atoms with van der Waals surface area (Å²) in [6, 6.07) is 9.14. The standard InChI is InChI=1S/C20H23N3O4/c24-18(15-6-4-5-7-15)22-10-12-23(13-11-22)19(25)17-14-26-20(21-17)27-16-8-2-1-3-9-16/h1-3,8-9,14-15H,4-7,10-13H2. The van der Waals surface area contributed by atoms with E-state index in [4.69, 9.17) is 9.15 Å². The van der Waals surface area contributed by atoms with Crippen LogP contribution < -0.4 is 4.74 Å². The molecule has 0 atom stereocenters. The number of nitrogens with zero attached hydrogens (tertiary/aromatic N) is 3. The summed E-state index contributed by atoms with van der Waals surface area (Å²) in [5, 5.41) is 0. The Morgan fingerprint density at radius 1 is 1.00 bits per heavy atom. The first kappa shape index (κ1) is 17.6. The molecule has 0 radical (unpaired) electrons. The first-order valence-electron chi connectivity index (χ1n) is 9.47. The Labute approximate surface area is 157 Å². The van der Waals surface area contributed by atoms with Gasteiger partial charge in [-0.25, -0.2) is 0 Å². The van der Waals surface area contributed by atoms with E-state index in [9.17, 15) is 9.59 Å². The number of benzene rings is 1. The van der Waals surface area contributed by atoms with E-state index in [1.54, 1.807) is 17.0 Å². The van der Waals surface area contributed by atoms with Crippen LogP contribution in [0.25, 0.3) is 0 Å². The number of amides is 2. The van der Waals surface area contributed by atoms with Crippen LogP contribution in [0.1, 0.15) is 36.2 Å². The maximum absolute atomic E-state index is 12.6. The van der Waals surface area contributed by atoms with Crippen molar-refractivity contribution in [3.8, 4) is 11.8 Å². The van der Waals surface area contributed by atoms with Gasteiger partial charge in [-0.15, -0.1) is 0 Å². The summed E-state index contributed by atoms with van der Waals surface area (Å²) >= 11 is 0. The van der Waals surface area contributed by atoms with Gasteiger partial charge >= 0.3 is 6.08 Å². The van der Waals surface area contributed by atoms with Gasteiger partial charge < -0.3 is 19.0 Å². The number of hydrogen-bond acceptors (Lipinski definition) is 5. The Balaban J connectivity index is 1.32. The number of carbonyl (C=O) groups excluding carboxylic acids is 2. The molecule has 2 aliphatic rings. The molecule has 142 valence electrons. The fourth-order valence-electron chi connectivity index (χ4n) is 3.71. The van der Waals surface area contributed by atoms with Gasteiger partial charge in [-0.3, -0.25) is 9.59 Å². The number of aromatic nitrogens is 1. The molecule has 7 heteroatoms. The molecule has 1 aliphatic heterocycles. The summed E-state index contributed by atoms with van der Waals surface area (Å²) in [6.45, 7) is 2.18. The number of carbonyl (C=O) groups is 2. The lowest BCUT2D eigenvalue weighted by atomic mass is 10.1. The highest BCUT2D eigenvalue weighted by Crippen LogP contribution is 2.27. The maximum Gasteiger partial charge on any atom is 0.399 e. The predicted molar refractivity (Wildman–Crippen MR) is 97.5 cm³/mol. The Kier molecular flexibility index (Phi) is 5.09. The van der Waals surface area contributed by atoms with Gasteiger partial charge in [-0.05, 0) is 25.0 Å². The fourth-order valence-corrected chi connectivity index (χ4v) is 3.71. The van der Waals surface area contributed by atoms with Crippen LogP contribution in [0.15, 0.2) is 41.0 Å². The van der Waals surface area contributed by atoms with Crippen LogP contribution in [0.2, 0.25) is 0 Å². The Morgan fingerprint density at radius 2 is 1.67 bits per heavy atom. The van der Waals surface area contributed by atoms with E-state index >= 15 is 0 Å². The Morgan fingerprint density at radius 3 is 2.37 bits per heavy atom. The quantitative estimate of drug-likeness (QED) is 0.828. The van der Waals surface area contributed by atoms with Crippen LogP contribution in [0.4, 0.5) is 0 Å². The van der Waals surface area contributed by atoms with E-state index in [-0.39, 0.29) is 29.5 Å². The summed E-state index contributed by atoms with van der Waals surface area (Å²) in [6.07, 6.45) is 5.65. The molecular weight excluding hydrogens is 346 g/mol. The lowest BCUT2D eigenvalue weighted by Gasteiger charge is -2.35. The van der Waals surface area contributed by atoms with Crippen molar-refractivity contribution in [1.82, 2.24) is 14.8 Å². The Hall–Kier alpha value is -2.83. The van der Waals surface area contributed by atoms with Crippen LogP contribution in [0, 0.1) is 5.92 Å². The number of para-hydroxylation sites is 1. The predicted octanol–water partition coefficient (Wildman–Crippen LogP) is 2.94. The normalized spacial score (nSPS) is 17.9. The Bertz CT molecular complexity index is 791. The minimum absolute atomic E-state index is 0.0413. The first-order chi connectivity index (χ1) is 13.2. The summed E-state index contributed by atoms with van der Waals surface area (Å²) in [7, 11) is 0. The summed E-state index contributed by atoms with van der Waals surface area (Å²) in [4.78, 5) is 32.9. The van der Waals surface area contributed by atoms with Gasteiger partial charge in [0.25, 0.3) is 5.91 Å². The zero-order chi connectivity index (χ0) is 18.6. The lowest BCUT2D eigenvalue weighted by Crippen LogP contribution is -2.51. The second kappa shape index (κ2) is 7.82. The van der Waals surface area contributed by atoms with Gasteiger partial charge in [0.2, 0.25) is 5.91 Å². The summed E-state index contributed by atoms with van der Waals surface area (Å²) < 4.78 is 10.8. The molecule has 0 spiro atoms. The second-order valence-electron chi connectivity index (χ2n) is 7.01. The molecule has 2 amide bonds. The number of piperazine rings is 1. The largest absolute Gasteiger partial charge is 0.416 e. The van der Waals surface area contributed by atoms with Crippen molar-refractivity contribution >= 4 is 11.8 Å². The molecule has 0 unspecified atom stereocenters. The molecule has 7 nitrogen and oxygen atoms in total. The molecule has 1 aromatic carbocycles. The minimum Gasteiger partial charge on any atom is -0.416 e. The molecule has 0 bridgehead atoms. The number of ether oxygens (including phenoxy) is 1. The zero-order valence-electron chi connectivity index (χ0n) is 15.2. The lowest BCUT2D eigenvalue weighted by molar-refractivity contribution is -0.136. The molecule has 1 aliphatic carbocycles. The minimum atomic E-state index is -0.199. The third-order valence-electron chi connectivity index (χ3n) is 5.23. The van der Waals surface area contributed by atoms with Crippen molar-refractivity contribution < 1.29 is 18.7 Å². The first-order valence-corrected chi connectivity index (χ1v) is 9.47. The number of hydrogen-bond donors (Lipinski definition) is 0. The van der Waals surface area contributed by atoms with Gasteiger partial charge in [-0.2, -0.15) is 4.98 Å². The molecular formula is C20H23N3O4. The van der Waals surface area contributed by atoms with Crippen LogP contribution >= 0.6 is 0 Å². The molecule has 1 saturated carbocycles. The topological polar surface area (TPSA) is 75.9 Å². The average molecular weight is 369 g/mol. The molecule has 2 fully saturated rings. The molecule has 0 N–H and O–H groups in total. The van der Waals surface area contributed by atoms with E-state index in [1.807, 2.05) is 23.1 Å². The van der Waals surface area contributed by atoms with Crippen LogP contribution in [-0.4, -0.2) is 52.8 Å². The maximum atomic E-state index is 12.6. The molecule has 2 heterocycles. The fraction of sp³-hybridized carbons (Fsp3) is 0.450. The highest BCUT2D eigenvalue weighted by molar-refractivity contribution is 5.92. The highest BCUT2D eigenvalue weighted by atomic mass is 16.6. The molecule has 2 aromatic rings. The summed E-state index contributed by atoms with van der Waals surface area (Å²) in [5.41, 5.74) is 0.219. The third kappa shape index (κ3) is 3.97. The van der Waals surface area contributed by atoms with Crippen LogP contribution in [-0.2, 0) is 4.79 Å². The van der Waals surface area contributed by atoms with Crippen molar-refractivity contribution in [2.45, 2.75) is 25.7 Å². The number of rotatable bonds is 4. The van der Waals surface area contributed by atoms with Crippen molar-refractivity contribution in [1.29, 1.82) is 0 Å².